The van der Waals surface area contributed by atoms with E-state index < -0.39 is 5.60 Å². The van der Waals surface area contributed by atoms with Crippen LogP contribution in [0.4, 0.5) is 0 Å². The van der Waals surface area contributed by atoms with Gasteiger partial charge in [-0.15, -0.1) is 46.7 Å². The van der Waals surface area contributed by atoms with E-state index >= 15 is 0 Å². The van der Waals surface area contributed by atoms with Crippen LogP contribution in [0.5, 0.6) is 0 Å². The molecule has 0 saturated heterocycles. The Labute approximate surface area is 162 Å². The van der Waals surface area contributed by atoms with Crippen molar-refractivity contribution in [1.82, 2.24) is 15.6 Å². The van der Waals surface area contributed by atoms with Gasteiger partial charge in [0.25, 0.3) is 0 Å². The minimum atomic E-state index is -0.915. The molecule has 0 aliphatic rings. The predicted molar refractivity (Wildman–Crippen MR) is 109 cm³/mol. The number of hydrogen-bond acceptors (Lipinski definition) is 5. The van der Waals surface area contributed by atoms with E-state index in [0.717, 1.165) is 16.4 Å². The maximum atomic E-state index is 10.5. The highest BCUT2D eigenvalue weighted by molar-refractivity contribution is 14.0. The van der Waals surface area contributed by atoms with E-state index in [1.807, 2.05) is 37.6 Å². The second-order valence-corrected chi connectivity index (χ2v) is 7.43. The monoisotopic (exact) mass is 466 g/mol. The van der Waals surface area contributed by atoms with Crippen LogP contribution in [0.25, 0.3) is 0 Å². The van der Waals surface area contributed by atoms with E-state index in [9.17, 15) is 5.11 Å². The molecule has 8 heteroatoms. The van der Waals surface area contributed by atoms with Gasteiger partial charge in [-0.2, -0.15) is 0 Å². The third kappa shape index (κ3) is 6.36. The molecule has 0 aromatic carbocycles. The molecule has 0 spiro atoms. The molecule has 0 saturated carbocycles. The molecule has 0 radical (unpaired) electrons. The summed E-state index contributed by atoms with van der Waals surface area (Å²) in [6.07, 6.45) is 1.86. The SMILES string of the molecule is CCNC(=NCc1ncc(C)s1)NCC(C)(O)c1cccs1.I. The summed E-state index contributed by atoms with van der Waals surface area (Å²) in [4.78, 5) is 10.9. The molecule has 2 heterocycles. The second kappa shape index (κ2) is 9.55. The molecule has 0 aliphatic heterocycles. The Balaban J connectivity index is 0.00000264. The standard InChI is InChI=1S/C15H22N4OS2.HI/c1-4-16-14(18-9-13-17-8-11(2)22-13)19-10-15(3,20)12-6-5-7-21-12;/h5-8,20H,4,9-10H2,1-3H3,(H2,16,18,19);1H. The Morgan fingerprint density at radius 2 is 2.22 bits per heavy atom. The number of halogens is 1. The van der Waals surface area contributed by atoms with E-state index in [4.69, 9.17) is 0 Å². The van der Waals surface area contributed by atoms with Gasteiger partial charge in [0.2, 0.25) is 0 Å². The number of nitrogens with zero attached hydrogens (tertiary/aromatic N) is 2. The van der Waals surface area contributed by atoms with Gasteiger partial charge in [-0.3, -0.25) is 0 Å². The first-order valence-electron chi connectivity index (χ1n) is 7.21. The summed E-state index contributed by atoms with van der Waals surface area (Å²) in [6, 6.07) is 3.88. The molecule has 1 unspecified atom stereocenters. The Kier molecular flexibility index (Phi) is 8.45. The molecule has 2 aromatic heterocycles. The highest BCUT2D eigenvalue weighted by atomic mass is 127. The van der Waals surface area contributed by atoms with Gasteiger partial charge >= 0.3 is 0 Å². The first-order chi connectivity index (χ1) is 10.5. The first kappa shape index (κ1) is 20.3. The number of thiophene rings is 1. The van der Waals surface area contributed by atoms with Crippen LogP contribution >= 0.6 is 46.7 Å². The third-order valence-corrected chi connectivity index (χ3v) is 5.06. The number of thiazole rings is 1. The van der Waals surface area contributed by atoms with E-state index in [-0.39, 0.29) is 24.0 Å². The molecular formula is C15H23IN4OS2. The van der Waals surface area contributed by atoms with Crippen molar-refractivity contribution in [3.05, 3.63) is 38.5 Å². The summed E-state index contributed by atoms with van der Waals surface area (Å²) >= 11 is 3.20. The number of aliphatic hydroxyl groups is 1. The van der Waals surface area contributed by atoms with Gasteiger partial charge in [0.1, 0.15) is 10.6 Å². The summed E-state index contributed by atoms with van der Waals surface area (Å²) < 4.78 is 0. The van der Waals surface area contributed by atoms with Crippen LogP contribution in [-0.2, 0) is 12.1 Å². The number of rotatable bonds is 6. The zero-order valence-corrected chi connectivity index (χ0v) is 17.5. The normalized spacial score (nSPS) is 14.0. The highest BCUT2D eigenvalue weighted by Gasteiger charge is 2.24. The van der Waals surface area contributed by atoms with Crippen molar-refractivity contribution in [3.63, 3.8) is 0 Å². The number of aliphatic imine (C=N–C) groups is 1. The largest absolute Gasteiger partial charge is 0.383 e. The van der Waals surface area contributed by atoms with E-state index in [2.05, 4.69) is 20.6 Å². The minimum Gasteiger partial charge on any atom is -0.383 e. The Hall–Kier alpha value is -0.710. The smallest absolute Gasteiger partial charge is 0.191 e. The molecule has 0 bridgehead atoms. The van der Waals surface area contributed by atoms with Crippen molar-refractivity contribution >= 4 is 52.6 Å². The third-order valence-electron chi connectivity index (χ3n) is 3.04. The topological polar surface area (TPSA) is 69.5 Å². The molecule has 5 nitrogen and oxygen atoms in total. The lowest BCUT2D eigenvalue weighted by Gasteiger charge is -2.23. The van der Waals surface area contributed by atoms with Gasteiger partial charge in [-0.1, -0.05) is 6.07 Å². The van der Waals surface area contributed by atoms with Crippen LogP contribution in [0.1, 0.15) is 28.6 Å². The number of aromatic nitrogens is 1. The van der Waals surface area contributed by atoms with Crippen LogP contribution in [0, 0.1) is 6.92 Å². The van der Waals surface area contributed by atoms with Crippen molar-refractivity contribution in [2.45, 2.75) is 32.9 Å². The van der Waals surface area contributed by atoms with Crippen LogP contribution < -0.4 is 10.6 Å². The molecule has 0 amide bonds. The average Bonchev–Trinajstić information content (AvgIpc) is 3.13. The van der Waals surface area contributed by atoms with Gasteiger partial charge < -0.3 is 15.7 Å². The minimum absolute atomic E-state index is 0. The van der Waals surface area contributed by atoms with Crippen LogP contribution in [-0.4, -0.2) is 29.1 Å². The van der Waals surface area contributed by atoms with Crippen molar-refractivity contribution in [3.8, 4) is 0 Å². The van der Waals surface area contributed by atoms with Crippen LogP contribution in [0.2, 0.25) is 0 Å². The van der Waals surface area contributed by atoms with E-state index in [1.54, 1.807) is 29.6 Å². The van der Waals surface area contributed by atoms with Crippen molar-refractivity contribution in [2.75, 3.05) is 13.1 Å². The number of nitrogens with one attached hydrogen (secondary N) is 2. The van der Waals surface area contributed by atoms with Crippen LogP contribution in [0.3, 0.4) is 0 Å². The summed E-state index contributed by atoms with van der Waals surface area (Å²) in [5.41, 5.74) is -0.915. The lowest BCUT2D eigenvalue weighted by Crippen LogP contribution is -2.44. The van der Waals surface area contributed by atoms with Gasteiger partial charge in [0.15, 0.2) is 5.96 Å². The lowest BCUT2D eigenvalue weighted by molar-refractivity contribution is 0.0655. The Morgan fingerprint density at radius 3 is 2.78 bits per heavy atom. The fourth-order valence-corrected chi connectivity index (χ4v) is 3.39. The Bertz CT molecular complexity index is 611. The molecule has 2 rings (SSSR count). The lowest BCUT2D eigenvalue weighted by atomic mass is 10.1. The fraction of sp³-hybridized carbons (Fsp3) is 0.467. The molecule has 128 valence electrons. The molecule has 0 aliphatic carbocycles. The van der Waals surface area contributed by atoms with Gasteiger partial charge in [0, 0.05) is 22.5 Å². The van der Waals surface area contributed by atoms with E-state index in [0.29, 0.717) is 19.0 Å². The predicted octanol–water partition coefficient (Wildman–Crippen LogP) is 3.09. The quantitative estimate of drug-likeness (QED) is 0.348. The van der Waals surface area contributed by atoms with Gasteiger partial charge in [0.05, 0.1) is 13.1 Å². The second-order valence-electron chi connectivity index (χ2n) is 5.16. The van der Waals surface area contributed by atoms with Crippen molar-refractivity contribution < 1.29 is 5.11 Å². The number of hydrogen-bond donors (Lipinski definition) is 3. The summed E-state index contributed by atoms with van der Waals surface area (Å²) in [7, 11) is 0. The summed E-state index contributed by atoms with van der Waals surface area (Å²) in [6.45, 7) is 7.56. The number of guanidine groups is 1. The summed E-state index contributed by atoms with van der Waals surface area (Å²) in [5, 5.41) is 19.9. The van der Waals surface area contributed by atoms with Crippen LogP contribution in [0.15, 0.2) is 28.7 Å². The fourth-order valence-electron chi connectivity index (χ4n) is 1.89. The zero-order chi connectivity index (χ0) is 16.0. The van der Waals surface area contributed by atoms with Gasteiger partial charge in [-0.05, 0) is 32.2 Å². The molecule has 0 fully saturated rings. The number of aryl methyl sites for hydroxylation is 1. The van der Waals surface area contributed by atoms with Crippen molar-refractivity contribution in [1.29, 1.82) is 0 Å². The average molecular weight is 466 g/mol. The molecule has 1 atom stereocenters. The highest BCUT2D eigenvalue weighted by Crippen LogP contribution is 2.24. The van der Waals surface area contributed by atoms with Gasteiger partial charge in [-0.25, -0.2) is 9.98 Å². The summed E-state index contributed by atoms with van der Waals surface area (Å²) in [5.74, 6) is 0.687. The molecule has 2 aromatic rings. The maximum absolute atomic E-state index is 10.5. The molecular weight excluding hydrogens is 443 g/mol. The zero-order valence-electron chi connectivity index (χ0n) is 13.5. The molecule has 23 heavy (non-hydrogen) atoms. The first-order valence-corrected chi connectivity index (χ1v) is 8.90. The van der Waals surface area contributed by atoms with Crippen molar-refractivity contribution in [2.24, 2.45) is 4.99 Å². The maximum Gasteiger partial charge on any atom is 0.191 e. The Morgan fingerprint density at radius 1 is 1.43 bits per heavy atom. The van der Waals surface area contributed by atoms with E-state index in [1.165, 1.54) is 4.88 Å². The molecule has 3 N–H and O–H groups in total.